The van der Waals surface area contributed by atoms with E-state index in [0.29, 0.717) is 19.6 Å². The van der Waals surface area contributed by atoms with Gasteiger partial charge in [-0.3, -0.25) is 9.21 Å². The molecule has 0 amide bonds. The van der Waals surface area contributed by atoms with Gasteiger partial charge in [-0.15, -0.1) is 0 Å². The van der Waals surface area contributed by atoms with E-state index >= 15 is 0 Å². The molecular formula is C17H25N3O3S. The molecule has 132 valence electrons. The molecule has 1 atom stereocenters. The van der Waals surface area contributed by atoms with Gasteiger partial charge in [0.25, 0.3) is 0 Å². The first-order valence-electron chi connectivity index (χ1n) is 8.83. The lowest BCUT2D eigenvalue weighted by Crippen LogP contribution is -2.43. The molecule has 6 nitrogen and oxygen atoms in total. The van der Waals surface area contributed by atoms with Gasteiger partial charge in [-0.2, -0.15) is 12.7 Å². The largest absolute Gasteiger partial charge is 0.379 e. The lowest BCUT2D eigenvalue weighted by molar-refractivity contribution is 0.0357. The van der Waals surface area contributed by atoms with Crippen LogP contribution in [0.15, 0.2) is 24.3 Å². The van der Waals surface area contributed by atoms with E-state index in [0.717, 1.165) is 56.9 Å². The fourth-order valence-corrected chi connectivity index (χ4v) is 5.77. The third kappa shape index (κ3) is 2.94. The minimum absolute atomic E-state index is 0.233. The number of benzene rings is 1. The van der Waals surface area contributed by atoms with Crippen LogP contribution in [0, 0.1) is 0 Å². The van der Waals surface area contributed by atoms with E-state index in [1.54, 1.807) is 8.61 Å². The molecule has 0 aliphatic carbocycles. The van der Waals surface area contributed by atoms with Crippen molar-refractivity contribution in [3.8, 4) is 0 Å². The molecule has 2 saturated heterocycles. The van der Waals surface area contributed by atoms with Gasteiger partial charge in [0.15, 0.2) is 0 Å². The van der Waals surface area contributed by atoms with E-state index in [1.807, 2.05) is 18.2 Å². The molecule has 24 heavy (non-hydrogen) atoms. The summed E-state index contributed by atoms with van der Waals surface area (Å²) in [5, 5.41) is 0. The van der Waals surface area contributed by atoms with Crippen LogP contribution in [0.2, 0.25) is 0 Å². The van der Waals surface area contributed by atoms with E-state index in [1.165, 1.54) is 0 Å². The first-order chi connectivity index (χ1) is 11.7. The van der Waals surface area contributed by atoms with Crippen LogP contribution in [0.5, 0.6) is 0 Å². The highest BCUT2D eigenvalue weighted by molar-refractivity contribution is 7.90. The minimum Gasteiger partial charge on any atom is -0.379 e. The van der Waals surface area contributed by atoms with Crippen molar-refractivity contribution in [2.24, 2.45) is 0 Å². The number of hydrogen-bond acceptors (Lipinski definition) is 4. The zero-order valence-electron chi connectivity index (χ0n) is 13.9. The van der Waals surface area contributed by atoms with Crippen LogP contribution in [0.3, 0.4) is 0 Å². The number of morpholine rings is 1. The van der Waals surface area contributed by atoms with Crippen molar-refractivity contribution in [2.45, 2.75) is 18.8 Å². The molecular weight excluding hydrogens is 326 g/mol. The number of para-hydroxylation sites is 1. The summed E-state index contributed by atoms with van der Waals surface area (Å²) in [6.07, 6.45) is 1.93. The predicted octanol–water partition coefficient (Wildman–Crippen LogP) is 1.26. The highest BCUT2D eigenvalue weighted by Gasteiger charge is 2.40. The van der Waals surface area contributed by atoms with Gasteiger partial charge in [-0.05, 0) is 24.5 Å². The first-order valence-corrected chi connectivity index (χ1v) is 10.2. The molecule has 0 spiro atoms. The Morgan fingerprint density at radius 2 is 1.75 bits per heavy atom. The van der Waals surface area contributed by atoms with E-state index < -0.39 is 10.2 Å². The molecule has 0 bridgehead atoms. The van der Waals surface area contributed by atoms with Gasteiger partial charge in [-0.1, -0.05) is 18.2 Å². The molecule has 3 heterocycles. The molecule has 1 unspecified atom stereocenters. The zero-order chi connectivity index (χ0) is 16.6. The highest BCUT2D eigenvalue weighted by atomic mass is 32.2. The Hall–Kier alpha value is -1.15. The van der Waals surface area contributed by atoms with Crippen LogP contribution in [-0.4, -0.2) is 70.1 Å². The van der Waals surface area contributed by atoms with E-state index in [9.17, 15) is 8.42 Å². The Morgan fingerprint density at radius 1 is 1.04 bits per heavy atom. The van der Waals surface area contributed by atoms with Crippen LogP contribution in [0.1, 0.15) is 24.3 Å². The van der Waals surface area contributed by atoms with E-state index in [4.69, 9.17) is 4.74 Å². The average molecular weight is 351 g/mol. The molecule has 3 aliphatic heterocycles. The smallest absolute Gasteiger partial charge is 0.304 e. The summed E-state index contributed by atoms with van der Waals surface area (Å²) in [7, 11) is -3.40. The standard InChI is InChI=1S/C17H25N3O3S/c21-24(22,19-7-3-4-8-19)20-14-15(13-18-9-11-23-12-10-18)16-5-1-2-6-17(16)20/h1-2,5-6,15H,3-4,7-14H2. The quantitative estimate of drug-likeness (QED) is 0.820. The summed E-state index contributed by atoms with van der Waals surface area (Å²) in [4.78, 5) is 2.39. The maximum Gasteiger partial charge on any atom is 0.304 e. The fourth-order valence-electron chi connectivity index (χ4n) is 3.98. The second-order valence-corrected chi connectivity index (χ2v) is 8.67. The highest BCUT2D eigenvalue weighted by Crippen LogP contribution is 2.39. The van der Waals surface area contributed by atoms with Crippen LogP contribution in [0.25, 0.3) is 0 Å². The van der Waals surface area contributed by atoms with Crippen molar-refractivity contribution < 1.29 is 13.2 Å². The van der Waals surface area contributed by atoms with Gasteiger partial charge in [0.2, 0.25) is 0 Å². The van der Waals surface area contributed by atoms with Crippen molar-refractivity contribution in [3.05, 3.63) is 29.8 Å². The molecule has 3 aliphatic rings. The Bertz CT molecular complexity index is 682. The van der Waals surface area contributed by atoms with E-state index in [-0.39, 0.29) is 5.92 Å². The van der Waals surface area contributed by atoms with Crippen LogP contribution in [0.4, 0.5) is 5.69 Å². The second-order valence-electron chi connectivity index (χ2n) is 6.81. The Morgan fingerprint density at radius 3 is 2.50 bits per heavy atom. The first kappa shape index (κ1) is 16.3. The SMILES string of the molecule is O=S(=O)(N1CCCC1)N1CC(CN2CCOCC2)c2ccccc21. The molecule has 1 aromatic carbocycles. The summed E-state index contributed by atoms with van der Waals surface area (Å²) in [6, 6.07) is 7.97. The number of hydrogen-bond donors (Lipinski definition) is 0. The van der Waals surface area contributed by atoms with Crippen molar-refractivity contribution >= 4 is 15.9 Å². The topological polar surface area (TPSA) is 53.1 Å². The van der Waals surface area contributed by atoms with Gasteiger partial charge >= 0.3 is 10.2 Å². The van der Waals surface area contributed by atoms with Crippen molar-refractivity contribution in [3.63, 3.8) is 0 Å². The number of fused-ring (bicyclic) bond motifs is 1. The van der Waals surface area contributed by atoms with Gasteiger partial charge < -0.3 is 4.74 Å². The number of anilines is 1. The van der Waals surface area contributed by atoms with Gasteiger partial charge in [0, 0.05) is 45.2 Å². The number of ether oxygens (including phenoxy) is 1. The summed E-state index contributed by atoms with van der Waals surface area (Å²) in [5.41, 5.74) is 2.02. The molecule has 0 radical (unpaired) electrons. The lowest BCUT2D eigenvalue weighted by Gasteiger charge is -2.29. The molecule has 0 aromatic heterocycles. The van der Waals surface area contributed by atoms with Crippen LogP contribution < -0.4 is 4.31 Å². The fraction of sp³-hybridized carbons (Fsp3) is 0.647. The Balaban J connectivity index is 1.58. The molecule has 2 fully saturated rings. The third-order valence-corrected chi connectivity index (χ3v) is 7.20. The second kappa shape index (κ2) is 6.63. The maximum absolute atomic E-state index is 13.1. The summed E-state index contributed by atoms with van der Waals surface area (Å²) in [6.45, 7) is 6.13. The predicted molar refractivity (Wildman–Crippen MR) is 93.5 cm³/mol. The molecule has 4 rings (SSSR count). The molecule has 7 heteroatoms. The van der Waals surface area contributed by atoms with Crippen LogP contribution >= 0.6 is 0 Å². The lowest BCUT2D eigenvalue weighted by atomic mass is 10.0. The van der Waals surface area contributed by atoms with Gasteiger partial charge in [0.1, 0.15) is 0 Å². The minimum atomic E-state index is -3.40. The maximum atomic E-state index is 13.1. The van der Waals surface area contributed by atoms with Crippen LogP contribution in [-0.2, 0) is 14.9 Å². The van der Waals surface area contributed by atoms with Gasteiger partial charge in [-0.25, -0.2) is 0 Å². The molecule has 0 saturated carbocycles. The summed E-state index contributed by atoms with van der Waals surface area (Å²) in [5.74, 6) is 0.233. The zero-order valence-corrected chi connectivity index (χ0v) is 14.7. The van der Waals surface area contributed by atoms with Crippen molar-refractivity contribution in [1.82, 2.24) is 9.21 Å². The summed E-state index contributed by atoms with van der Waals surface area (Å²) < 4.78 is 34.8. The Labute approximate surface area is 144 Å². The molecule has 1 aromatic rings. The van der Waals surface area contributed by atoms with Gasteiger partial charge in [0.05, 0.1) is 18.9 Å². The van der Waals surface area contributed by atoms with Crippen molar-refractivity contribution in [1.29, 1.82) is 0 Å². The monoisotopic (exact) mass is 351 g/mol. The normalized spacial score (nSPS) is 26.0. The molecule has 0 N–H and O–H groups in total. The number of rotatable bonds is 4. The average Bonchev–Trinajstić information content (AvgIpc) is 3.25. The Kier molecular flexibility index (Phi) is 4.51. The third-order valence-electron chi connectivity index (χ3n) is 5.28. The number of nitrogens with zero attached hydrogens (tertiary/aromatic N) is 3. The van der Waals surface area contributed by atoms with Crippen molar-refractivity contribution in [2.75, 3.05) is 56.8 Å². The van der Waals surface area contributed by atoms with E-state index in [2.05, 4.69) is 11.0 Å². The summed E-state index contributed by atoms with van der Waals surface area (Å²) >= 11 is 0.